The molecule has 32 heteroatoms. The van der Waals surface area contributed by atoms with Gasteiger partial charge in [0.15, 0.2) is 0 Å². The summed E-state index contributed by atoms with van der Waals surface area (Å²) in [5.41, 5.74) is 1.11. The van der Waals surface area contributed by atoms with E-state index >= 15 is 0 Å². The van der Waals surface area contributed by atoms with Crippen LogP contribution < -0.4 is 10.9 Å². The summed E-state index contributed by atoms with van der Waals surface area (Å²) in [6, 6.07) is 0. The van der Waals surface area contributed by atoms with Crippen molar-refractivity contribution >= 4 is 60.5 Å². The van der Waals surface area contributed by atoms with Crippen LogP contribution in [0.5, 0.6) is 0 Å². The van der Waals surface area contributed by atoms with Crippen molar-refractivity contribution in [3.8, 4) is 0 Å². The molecule has 0 aromatic heterocycles. The molecule has 0 rings (SSSR count). The molecular weight excluding hydrogens is 810 g/mol. The van der Waals surface area contributed by atoms with Gasteiger partial charge in [-0.1, -0.05) is 21.6 Å². The van der Waals surface area contributed by atoms with Crippen LogP contribution in [0.4, 0.5) is 4.48 Å². The summed E-state index contributed by atoms with van der Waals surface area (Å²) in [6.07, 6.45) is -3.29. The Kier molecular flexibility index (Phi) is 26.5. The van der Waals surface area contributed by atoms with Crippen LogP contribution in [0.1, 0.15) is 0 Å². The van der Waals surface area contributed by atoms with Crippen molar-refractivity contribution in [2.75, 3.05) is 91.9 Å². The van der Waals surface area contributed by atoms with Crippen LogP contribution in [0.3, 0.4) is 0 Å². The molecule has 7 unspecified atom stereocenters. The minimum Gasteiger partial charge on any atom is -0.385 e. The van der Waals surface area contributed by atoms with Crippen LogP contribution in [-0.2, 0) is 73.0 Å². The van der Waals surface area contributed by atoms with Gasteiger partial charge in [0.25, 0.3) is 0 Å². The van der Waals surface area contributed by atoms with Crippen LogP contribution in [0.15, 0.2) is 0 Å². The van der Waals surface area contributed by atoms with Gasteiger partial charge in [-0.25, -0.2) is 18.3 Å². The van der Waals surface area contributed by atoms with Crippen molar-refractivity contribution in [2.24, 2.45) is 0 Å². The first kappa shape index (κ1) is 49.0. The van der Waals surface area contributed by atoms with Crippen molar-refractivity contribution in [3.05, 3.63) is 0 Å². The second-order valence-electron chi connectivity index (χ2n) is 8.19. The van der Waals surface area contributed by atoms with Crippen molar-refractivity contribution < 1.29 is 107 Å². The number of nitrogens with one attached hydrogen (secondary N) is 2. The van der Waals surface area contributed by atoms with E-state index in [9.17, 15) is 46.9 Å². The van der Waals surface area contributed by atoms with Crippen LogP contribution in [-0.4, -0.2) is 134 Å². The zero-order chi connectivity index (χ0) is 36.7. The molecule has 0 radical (unpaired) electrons. The molecule has 290 valence electrons. The first-order valence-electron chi connectivity index (χ1n) is 12.7. The number of hydrogen-bond donors (Lipinski definition) is 8. The molecule has 7 atom stereocenters. The van der Waals surface area contributed by atoms with E-state index < -0.39 is 111 Å². The van der Waals surface area contributed by atoms with Gasteiger partial charge in [-0.3, -0.25) is 46.1 Å². The van der Waals surface area contributed by atoms with Crippen molar-refractivity contribution in [1.29, 1.82) is 0 Å². The molecule has 8 N–H and O–H groups in total. The number of phosphoric ester groups is 4. The number of aliphatic hydroxyl groups excluding tert-OH is 1. The Labute approximate surface area is 282 Å². The van der Waals surface area contributed by atoms with Gasteiger partial charge in [0.05, 0.1) is 65.5 Å². The lowest BCUT2D eigenvalue weighted by atomic mass is 10.4. The second-order valence-corrected chi connectivity index (χ2v) is 18.1. The molecule has 0 aromatic rings. The molecule has 0 fully saturated rings. The molecule has 0 aliphatic carbocycles. The number of rotatable bonds is 33. The first-order valence-corrected chi connectivity index (χ1v) is 23.2. The topological polar surface area (TPSA) is 332 Å². The smallest absolute Gasteiger partial charge is 0.385 e. The summed E-state index contributed by atoms with van der Waals surface area (Å²) in [5.74, 6) is -0.607. The van der Waals surface area contributed by atoms with Crippen LogP contribution in [0.2, 0.25) is 0 Å². The second kappa shape index (κ2) is 25.9. The third-order valence-electron chi connectivity index (χ3n) is 4.08. The van der Waals surface area contributed by atoms with E-state index in [1.807, 2.05) is 0 Å². The van der Waals surface area contributed by atoms with E-state index in [0.29, 0.717) is 0 Å². The Hall–Kier alpha value is 1.02. The average molecular weight is 850 g/mol. The van der Waals surface area contributed by atoms with Gasteiger partial charge in [0.2, 0.25) is 0 Å². The molecular formula is C16H40FN2O22P5S2. The van der Waals surface area contributed by atoms with Crippen LogP contribution in [0, 0.1) is 0 Å². The fourth-order valence-corrected chi connectivity index (χ4v) is 7.40. The van der Waals surface area contributed by atoms with Gasteiger partial charge >= 0.3 is 38.9 Å². The summed E-state index contributed by atoms with van der Waals surface area (Å²) >= 11 is 0. The molecule has 0 saturated heterocycles. The van der Waals surface area contributed by atoms with Crippen LogP contribution in [0.25, 0.3) is 0 Å². The fourth-order valence-electron chi connectivity index (χ4n) is 2.43. The van der Waals surface area contributed by atoms with Gasteiger partial charge in [-0.15, -0.1) is 10.0 Å². The number of phosphoric acid groups is 4. The predicted octanol–water partition coefficient (Wildman–Crippen LogP) is 1.02. The minimum absolute atomic E-state index is 0.106. The van der Waals surface area contributed by atoms with Gasteiger partial charge < -0.3 is 43.6 Å². The Morgan fingerprint density at radius 2 is 1.06 bits per heavy atom. The molecule has 0 heterocycles. The zero-order valence-corrected chi connectivity index (χ0v) is 31.4. The third-order valence-corrected chi connectivity index (χ3v) is 10.6. The summed E-state index contributed by atoms with van der Waals surface area (Å²) in [7, 11) is -20.2. The van der Waals surface area contributed by atoms with Gasteiger partial charge in [0.1, 0.15) is 24.9 Å². The predicted molar refractivity (Wildman–Crippen MR) is 164 cm³/mol. The van der Waals surface area contributed by atoms with Gasteiger partial charge in [0, 0.05) is 6.66 Å². The van der Waals surface area contributed by atoms with E-state index in [0.717, 1.165) is 33.8 Å². The largest absolute Gasteiger partial charge is 0.473 e. The maximum atomic E-state index is 12.6. The summed E-state index contributed by atoms with van der Waals surface area (Å²) in [5, 5.41) is 11.2. The van der Waals surface area contributed by atoms with E-state index in [4.69, 9.17) is 33.0 Å². The molecule has 0 amide bonds. The molecule has 48 heavy (non-hydrogen) atoms. The highest BCUT2D eigenvalue weighted by molar-refractivity contribution is 8.76. The molecule has 0 aliphatic heterocycles. The summed E-state index contributed by atoms with van der Waals surface area (Å²) in [4.78, 5) is 48.6. The fraction of sp³-hybridized carbons (Fsp3) is 1.00. The maximum Gasteiger partial charge on any atom is 0.473 e. The highest BCUT2D eigenvalue weighted by atomic mass is 33.1. The lowest BCUT2D eigenvalue weighted by Gasteiger charge is -2.24. The monoisotopic (exact) mass is 850 g/mol. The molecule has 0 saturated carbocycles. The molecule has 0 spiro atoms. The van der Waals surface area contributed by atoms with Crippen molar-refractivity contribution in [1.82, 2.24) is 10.9 Å². The summed E-state index contributed by atoms with van der Waals surface area (Å²) < 4.78 is 124. The average Bonchev–Trinajstić information content (AvgIpc) is 2.97. The number of aliphatic hydroxyl groups is 1. The van der Waals surface area contributed by atoms with Crippen molar-refractivity contribution in [3.63, 3.8) is 0 Å². The van der Waals surface area contributed by atoms with Crippen LogP contribution >= 0.6 is 60.5 Å². The SMILES string of the molecule is CNCOCC(COP(=O)(O)OC(COCNF)COP(=O)(O)OCCOP(=O)(O)OCSSCO)OP(=O)(O)OCCOP(C)(=O)O. The van der Waals surface area contributed by atoms with Crippen molar-refractivity contribution in [2.45, 2.75) is 12.2 Å². The van der Waals surface area contributed by atoms with Gasteiger partial charge in [-0.2, -0.15) is 0 Å². The Morgan fingerprint density at radius 1 is 0.625 bits per heavy atom. The lowest BCUT2D eigenvalue weighted by Crippen LogP contribution is -2.29. The number of halogens is 1. The Bertz CT molecular complexity index is 1110. The number of hydrogen-bond acceptors (Lipinski definition) is 21. The standard InChI is InChI=1S/C16H40FN2O22P5S2/c1-18-11-31-7-15(40-45(27,28)36-4-3-33-42(2,21)22)10-38-46(29,30)41-16(8-32-12-19-17)9-37-43(23,24)34-5-6-35-44(25,26)39-14-48-47-13-20/h15-16,18-20H,3-14H2,1-2H3,(H,21,22)(H,23,24)(H,25,26)(H,27,28)(H,29,30). The zero-order valence-electron chi connectivity index (χ0n) is 25.3. The summed E-state index contributed by atoms with van der Waals surface area (Å²) in [6.45, 7) is -5.95. The Balaban J connectivity index is 5.13. The number of ether oxygens (including phenoxy) is 2. The third kappa shape index (κ3) is 29.6. The normalized spacial score (nSPS) is 19.8. The molecule has 24 nitrogen and oxygen atoms in total. The van der Waals surface area contributed by atoms with E-state index in [-0.39, 0.29) is 18.6 Å². The quantitative estimate of drug-likeness (QED) is 0.0150. The first-order chi connectivity index (χ1) is 22.3. The molecule has 0 aromatic carbocycles. The highest BCUT2D eigenvalue weighted by Gasteiger charge is 2.34. The maximum absolute atomic E-state index is 12.6. The van der Waals surface area contributed by atoms with E-state index in [1.165, 1.54) is 7.05 Å². The van der Waals surface area contributed by atoms with Gasteiger partial charge in [-0.05, 0) is 7.05 Å². The molecule has 0 bridgehead atoms. The van der Waals surface area contributed by atoms with E-state index in [1.54, 1.807) is 0 Å². The van der Waals surface area contributed by atoms with E-state index in [2.05, 4.69) is 32.5 Å². The Morgan fingerprint density at radius 3 is 1.54 bits per heavy atom. The lowest BCUT2D eigenvalue weighted by molar-refractivity contribution is -0.0312. The molecule has 0 aliphatic rings. The minimum atomic E-state index is -5.18. The highest BCUT2D eigenvalue weighted by Crippen LogP contribution is 2.50.